The molecule has 0 saturated carbocycles. The Hall–Kier alpha value is -3.49. The molecule has 3 aromatic heterocycles. The summed E-state index contributed by atoms with van der Waals surface area (Å²) in [5.74, 6) is 2.39. The molecular weight excluding hydrogens is 384 g/mol. The first-order valence-electron chi connectivity index (χ1n) is 10.1. The van der Waals surface area contributed by atoms with Crippen molar-refractivity contribution in [2.45, 2.75) is 33.1 Å². The fourth-order valence-electron chi connectivity index (χ4n) is 3.56. The number of aromatic nitrogens is 4. The fraction of sp³-hybridized carbons (Fsp3) is 0.381. The van der Waals surface area contributed by atoms with Crippen LogP contribution in [-0.2, 0) is 11.2 Å². The van der Waals surface area contributed by atoms with Gasteiger partial charge in [-0.25, -0.2) is 9.97 Å². The van der Waals surface area contributed by atoms with Gasteiger partial charge in [-0.3, -0.25) is 9.59 Å². The van der Waals surface area contributed by atoms with Crippen LogP contribution in [0, 0.1) is 12.8 Å². The lowest BCUT2D eigenvalue weighted by Gasteiger charge is -2.32. The van der Waals surface area contributed by atoms with Gasteiger partial charge in [0, 0.05) is 48.6 Å². The van der Waals surface area contributed by atoms with Crippen LogP contribution in [0.4, 0.5) is 11.6 Å². The standard InChI is InChI=1S/C21H24N6O3/c1-3-16-11-19(28)25-20(23-16)15-4-5-18(22-12-15)27-8-6-14(7-9-27)21(29)24-17-10-13(2)30-26-17/h4-5,10-12,14H,3,6-9H2,1-2H3,(H,23,25,28)(H,24,26,29). The molecule has 156 valence electrons. The highest BCUT2D eigenvalue weighted by Crippen LogP contribution is 2.24. The van der Waals surface area contributed by atoms with Crippen molar-refractivity contribution in [3.8, 4) is 11.4 Å². The molecule has 3 aromatic rings. The third kappa shape index (κ3) is 4.40. The van der Waals surface area contributed by atoms with Gasteiger partial charge in [-0.15, -0.1) is 0 Å². The van der Waals surface area contributed by atoms with E-state index in [-0.39, 0.29) is 17.4 Å². The molecular formula is C21H24N6O3. The first-order valence-corrected chi connectivity index (χ1v) is 10.1. The highest BCUT2D eigenvalue weighted by atomic mass is 16.5. The van der Waals surface area contributed by atoms with E-state index < -0.39 is 0 Å². The maximum absolute atomic E-state index is 12.4. The number of pyridine rings is 1. The van der Waals surface area contributed by atoms with Crippen LogP contribution in [0.5, 0.6) is 0 Å². The molecule has 1 fully saturated rings. The largest absolute Gasteiger partial charge is 0.360 e. The number of nitrogens with zero attached hydrogens (tertiary/aromatic N) is 4. The summed E-state index contributed by atoms with van der Waals surface area (Å²) >= 11 is 0. The predicted molar refractivity (Wildman–Crippen MR) is 112 cm³/mol. The van der Waals surface area contributed by atoms with Crippen LogP contribution < -0.4 is 15.8 Å². The highest BCUT2D eigenvalue weighted by Gasteiger charge is 2.26. The first-order chi connectivity index (χ1) is 14.5. The topological polar surface area (TPSA) is 117 Å². The number of H-pyrrole nitrogens is 1. The van der Waals surface area contributed by atoms with E-state index in [2.05, 4.69) is 30.3 Å². The van der Waals surface area contributed by atoms with Crippen molar-refractivity contribution in [1.82, 2.24) is 20.1 Å². The molecule has 1 saturated heterocycles. The molecule has 1 aliphatic heterocycles. The minimum Gasteiger partial charge on any atom is -0.360 e. The fourth-order valence-corrected chi connectivity index (χ4v) is 3.56. The van der Waals surface area contributed by atoms with Gasteiger partial charge in [-0.2, -0.15) is 0 Å². The average molecular weight is 408 g/mol. The SMILES string of the molecule is CCc1cc(=O)[nH]c(-c2ccc(N3CCC(C(=O)Nc4cc(C)on4)CC3)nc2)n1. The number of aryl methyl sites for hydroxylation is 2. The quantitative estimate of drug-likeness (QED) is 0.666. The van der Waals surface area contributed by atoms with E-state index in [9.17, 15) is 9.59 Å². The van der Waals surface area contributed by atoms with E-state index in [1.165, 1.54) is 6.07 Å². The molecule has 9 heteroatoms. The normalized spacial score (nSPS) is 14.7. The Morgan fingerprint density at radius 3 is 2.73 bits per heavy atom. The van der Waals surface area contributed by atoms with Gasteiger partial charge in [-0.05, 0) is 38.3 Å². The molecule has 4 heterocycles. The molecule has 0 aromatic carbocycles. The van der Waals surface area contributed by atoms with Gasteiger partial charge in [-0.1, -0.05) is 12.1 Å². The van der Waals surface area contributed by atoms with Crippen LogP contribution >= 0.6 is 0 Å². The molecule has 9 nitrogen and oxygen atoms in total. The lowest BCUT2D eigenvalue weighted by molar-refractivity contribution is -0.120. The lowest BCUT2D eigenvalue weighted by Crippen LogP contribution is -2.38. The van der Waals surface area contributed by atoms with Crippen molar-refractivity contribution in [3.63, 3.8) is 0 Å². The second kappa shape index (κ2) is 8.48. The highest BCUT2D eigenvalue weighted by molar-refractivity contribution is 5.91. The zero-order valence-corrected chi connectivity index (χ0v) is 17.0. The van der Waals surface area contributed by atoms with Gasteiger partial charge in [0.05, 0.1) is 0 Å². The molecule has 0 aliphatic carbocycles. The summed E-state index contributed by atoms with van der Waals surface area (Å²) in [6.45, 7) is 5.22. The molecule has 2 N–H and O–H groups in total. The van der Waals surface area contributed by atoms with E-state index >= 15 is 0 Å². The third-order valence-corrected chi connectivity index (χ3v) is 5.25. The summed E-state index contributed by atoms with van der Waals surface area (Å²) in [5.41, 5.74) is 1.35. The summed E-state index contributed by atoms with van der Waals surface area (Å²) in [4.78, 5) is 38.2. The molecule has 30 heavy (non-hydrogen) atoms. The molecule has 0 unspecified atom stereocenters. The minimum atomic E-state index is -0.165. The Bertz CT molecular complexity index is 1080. The predicted octanol–water partition coefficient (Wildman–Crippen LogP) is 2.55. The molecule has 0 spiro atoms. The molecule has 1 aliphatic rings. The van der Waals surface area contributed by atoms with Gasteiger partial charge in [0.15, 0.2) is 5.82 Å². The van der Waals surface area contributed by atoms with Crippen molar-refractivity contribution in [2.75, 3.05) is 23.3 Å². The van der Waals surface area contributed by atoms with E-state index in [1.54, 1.807) is 19.2 Å². The van der Waals surface area contributed by atoms with E-state index in [0.717, 1.165) is 43.0 Å². The van der Waals surface area contributed by atoms with Crippen molar-refractivity contribution in [1.29, 1.82) is 0 Å². The molecule has 4 rings (SSSR count). The van der Waals surface area contributed by atoms with Crippen molar-refractivity contribution >= 4 is 17.5 Å². The second-order valence-corrected chi connectivity index (χ2v) is 7.42. The Balaban J connectivity index is 1.37. The Kier molecular flexibility index (Phi) is 5.60. The summed E-state index contributed by atoms with van der Waals surface area (Å²) in [5, 5.41) is 6.62. The molecule has 0 atom stereocenters. The van der Waals surface area contributed by atoms with Gasteiger partial charge in [0.2, 0.25) is 5.91 Å². The monoisotopic (exact) mass is 408 g/mol. The number of hydrogen-bond donors (Lipinski definition) is 2. The summed E-state index contributed by atoms with van der Waals surface area (Å²) < 4.78 is 4.98. The zero-order chi connectivity index (χ0) is 21.1. The number of piperidine rings is 1. The molecule has 0 radical (unpaired) electrons. The number of anilines is 2. The van der Waals surface area contributed by atoms with Crippen molar-refractivity contribution < 1.29 is 9.32 Å². The average Bonchev–Trinajstić information content (AvgIpc) is 3.18. The van der Waals surface area contributed by atoms with Gasteiger partial charge >= 0.3 is 0 Å². The Morgan fingerprint density at radius 2 is 2.10 bits per heavy atom. The minimum absolute atomic E-state index is 0.0305. The number of carbonyl (C=O) groups is 1. The van der Waals surface area contributed by atoms with Crippen molar-refractivity contribution in [3.05, 3.63) is 52.3 Å². The maximum atomic E-state index is 12.4. The van der Waals surface area contributed by atoms with Crippen LogP contribution in [0.25, 0.3) is 11.4 Å². The number of nitrogens with one attached hydrogen (secondary N) is 2. The van der Waals surface area contributed by atoms with Crippen molar-refractivity contribution in [2.24, 2.45) is 5.92 Å². The second-order valence-electron chi connectivity index (χ2n) is 7.42. The number of amides is 1. The number of carbonyl (C=O) groups excluding carboxylic acids is 1. The van der Waals surface area contributed by atoms with E-state index in [4.69, 9.17) is 4.52 Å². The van der Waals surface area contributed by atoms with E-state index in [1.807, 2.05) is 19.1 Å². The summed E-state index contributed by atoms with van der Waals surface area (Å²) in [6, 6.07) is 7.05. The summed E-state index contributed by atoms with van der Waals surface area (Å²) in [6.07, 6.45) is 3.89. The van der Waals surface area contributed by atoms with Gasteiger partial charge in [0.25, 0.3) is 5.56 Å². The molecule has 0 bridgehead atoms. The number of rotatable bonds is 5. The Labute approximate surface area is 173 Å². The van der Waals surface area contributed by atoms with Crippen LogP contribution in [0.2, 0.25) is 0 Å². The maximum Gasteiger partial charge on any atom is 0.251 e. The summed E-state index contributed by atoms with van der Waals surface area (Å²) in [7, 11) is 0. The zero-order valence-electron chi connectivity index (χ0n) is 17.0. The number of hydrogen-bond acceptors (Lipinski definition) is 7. The number of aromatic amines is 1. The van der Waals surface area contributed by atoms with Gasteiger partial charge < -0.3 is 19.7 Å². The third-order valence-electron chi connectivity index (χ3n) is 5.25. The molecule has 1 amide bonds. The van der Waals surface area contributed by atoms with Gasteiger partial charge in [0.1, 0.15) is 17.4 Å². The van der Waals surface area contributed by atoms with Crippen LogP contribution in [-0.4, -0.2) is 39.1 Å². The first kappa shape index (κ1) is 19.8. The lowest BCUT2D eigenvalue weighted by atomic mass is 9.96. The van der Waals surface area contributed by atoms with Crippen LogP contribution in [0.3, 0.4) is 0 Å². The van der Waals surface area contributed by atoms with E-state index in [0.29, 0.717) is 23.8 Å². The Morgan fingerprint density at radius 1 is 1.30 bits per heavy atom. The smallest absolute Gasteiger partial charge is 0.251 e. The van der Waals surface area contributed by atoms with Crippen LogP contribution in [0.15, 0.2) is 39.8 Å². The van der Waals surface area contributed by atoms with Crippen LogP contribution in [0.1, 0.15) is 31.2 Å².